The van der Waals surface area contributed by atoms with E-state index in [1.165, 1.54) is 13.2 Å². The van der Waals surface area contributed by atoms with Crippen molar-refractivity contribution in [3.05, 3.63) is 59.7 Å². The Morgan fingerprint density at radius 2 is 2.14 bits per heavy atom. The first-order valence-electron chi connectivity index (χ1n) is 7.05. The number of aryl methyl sites for hydroxylation is 1. The number of amides is 1. The van der Waals surface area contributed by atoms with Crippen LogP contribution < -0.4 is 4.74 Å². The Labute approximate surface area is 129 Å². The molecule has 0 unspecified atom stereocenters. The lowest BCUT2D eigenvalue weighted by Gasteiger charge is -2.17. The molecule has 0 N–H and O–H groups in total. The molecule has 1 aromatic heterocycles. The van der Waals surface area contributed by atoms with Crippen molar-refractivity contribution in [2.24, 2.45) is 0 Å². The maximum Gasteiger partial charge on any atom is 0.222 e. The van der Waals surface area contributed by atoms with Gasteiger partial charge in [0.05, 0.1) is 7.11 Å². The Balaban J connectivity index is 1.89. The summed E-state index contributed by atoms with van der Waals surface area (Å²) in [5, 5.41) is 0. The van der Waals surface area contributed by atoms with Crippen LogP contribution in [0.15, 0.2) is 42.7 Å². The van der Waals surface area contributed by atoms with Crippen LogP contribution in [0, 0.1) is 5.82 Å². The number of nitrogens with zero attached hydrogens (tertiary/aromatic N) is 2. The average Bonchev–Trinajstić information content (AvgIpc) is 2.53. The van der Waals surface area contributed by atoms with E-state index >= 15 is 0 Å². The molecule has 0 aliphatic rings. The molecule has 1 heterocycles. The summed E-state index contributed by atoms with van der Waals surface area (Å²) >= 11 is 0. The molecular formula is C17H19FN2O2. The van der Waals surface area contributed by atoms with Crippen LogP contribution in [0.5, 0.6) is 5.75 Å². The van der Waals surface area contributed by atoms with E-state index < -0.39 is 5.82 Å². The number of halogens is 1. The van der Waals surface area contributed by atoms with Crippen molar-refractivity contribution in [2.45, 2.75) is 19.4 Å². The van der Waals surface area contributed by atoms with Gasteiger partial charge in [-0.3, -0.25) is 9.78 Å². The zero-order valence-electron chi connectivity index (χ0n) is 12.8. The largest absolute Gasteiger partial charge is 0.494 e. The van der Waals surface area contributed by atoms with Crippen LogP contribution in [0.25, 0.3) is 0 Å². The van der Waals surface area contributed by atoms with E-state index in [4.69, 9.17) is 4.74 Å². The zero-order chi connectivity index (χ0) is 15.9. The van der Waals surface area contributed by atoms with Crippen molar-refractivity contribution in [1.82, 2.24) is 9.88 Å². The lowest BCUT2D eigenvalue weighted by atomic mass is 10.1. The van der Waals surface area contributed by atoms with Gasteiger partial charge in [-0.2, -0.15) is 0 Å². The number of rotatable bonds is 6. The predicted molar refractivity (Wildman–Crippen MR) is 82.0 cm³/mol. The summed E-state index contributed by atoms with van der Waals surface area (Å²) in [5.41, 5.74) is 1.76. The van der Waals surface area contributed by atoms with Gasteiger partial charge in [-0.1, -0.05) is 12.1 Å². The van der Waals surface area contributed by atoms with Crippen LogP contribution in [0.3, 0.4) is 0 Å². The second kappa shape index (κ2) is 7.54. The first kappa shape index (κ1) is 15.9. The molecule has 0 aliphatic heterocycles. The zero-order valence-corrected chi connectivity index (χ0v) is 12.8. The number of carbonyl (C=O) groups is 1. The van der Waals surface area contributed by atoms with Gasteiger partial charge in [0.15, 0.2) is 11.6 Å². The van der Waals surface area contributed by atoms with Crippen LogP contribution in [0.2, 0.25) is 0 Å². The molecule has 116 valence electrons. The topological polar surface area (TPSA) is 42.4 Å². The molecule has 22 heavy (non-hydrogen) atoms. The Bertz CT molecular complexity index is 632. The summed E-state index contributed by atoms with van der Waals surface area (Å²) in [6, 6.07) is 8.51. The highest BCUT2D eigenvalue weighted by molar-refractivity contribution is 5.76. The molecule has 0 fully saturated rings. The molecule has 0 saturated carbocycles. The van der Waals surface area contributed by atoms with Gasteiger partial charge < -0.3 is 9.64 Å². The number of methoxy groups -OCH3 is 1. The van der Waals surface area contributed by atoms with Crippen molar-refractivity contribution in [3.63, 3.8) is 0 Å². The number of carbonyl (C=O) groups excluding carboxylic acids is 1. The first-order chi connectivity index (χ1) is 10.6. The fraction of sp³-hybridized carbons (Fsp3) is 0.294. The van der Waals surface area contributed by atoms with E-state index in [0.29, 0.717) is 19.4 Å². The maximum atomic E-state index is 13.6. The average molecular weight is 302 g/mol. The highest BCUT2D eigenvalue weighted by Crippen LogP contribution is 2.18. The van der Waals surface area contributed by atoms with Gasteiger partial charge in [0.1, 0.15) is 0 Å². The number of hydrogen-bond acceptors (Lipinski definition) is 3. The summed E-state index contributed by atoms with van der Waals surface area (Å²) < 4.78 is 18.5. The van der Waals surface area contributed by atoms with Crippen molar-refractivity contribution >= 4 is 5.91 Å². The van der Waals surface area contributed by atoms with E-state index in [9.17, 15) is 9.18 Å². The predicted octanol–water partition coefficient (Wildman–Crippen LogP) is 2.82. The fourth-order valence-corrected chi connectivity index (χ4v) is 2.16. The van der Waals surface area contributed by atoms with Crippen LogP contribution >= 0.6 is 0 Å². The molecule has 0 aliphatic carbocycles. The van der Waals surface area contributed by atoms with Crippen molar-refractivity contribution < 1.29 is 13.9 Å². The molecule has 0 saturated heterocycles. The minimum Gasteiger partial charge on any atom is -0.494 e. The summed E-state index contributed by atoms with van der Waals surface area (Å²) in [7, 11) is 3.14. The van der Waals surface area contributed by atoms with Gasteiger partial charge >= 0.3 is 0 Å². The van der Waals surface area contributed by atoms with Crippen LogP contribution in [-0.4, -0.2) is 29.9 Å². The van der Waals surface area contributed by atoms with Gasteiger partial charge in [-0.25, -0.2) is 4.39 Å². The SMILES string of the molecule is COc1ccc(CN(C)C(=O)CCc2cccnc2)cc1F. The Morgan fingerprint density at radius 3 is 2.77 bits per heavy atom. The molecule has 0 spiro atoms. The Hall–Kier alpha value is -2.43. The van der Waals surface area contributed by atoms with Crippen molar-refractivity contribution in [1.29, 1.82) is 0 Å². The quantitative estimate of drug-likeness (QED) is 0.824. The highest BCUT2D eigenvalue weighted by atomic mass is 19.1. The third-order valence-electron chi connectivity index (χ3n) is 3.41. The molecule has 4 nitrogen and oxygen atoms in total. The minimum atomic E-state index is -0.420. The van der Waals surface area contributed by atoms with E-state index in [1.807, 2.05) is 12.1 Å². The lowest BCUT2D eigenvalue weighted by molar-refractivity contribution is -0.130. The fourth-order valence-electron chi connectivity index (χ4n) is 2.16. The Morgan fingerprint density at radius 1 is 1.32 bits per heavy atom. The first-order valence-corrected chi connectivity index (χ1v) is 7.05. The number of hydrogen-bond donors (Lipinski definition) is 0. The van der Waals surface area contributed by atoms with E-state index in [1.54, 1.807) is 36.5 Å². The van der Waals surface area contributed by atoms with E-state index in [0.717, 1.165) is 11.1 Å². The molecule has 1 amide bonds. The van der Waals surface area contributed by atoms with Crippen molar-refractivity contribution in [3.8, 4) is 5.75 Å². The summed E-state index contributed by atoms with van der Waals surface area (Å²) in [6.07, 6.45) is 4.51. The number of aromatic nitrogens is 1. The molecule has 0 bridgehead atoms. The third-order valence-corrected chi connectivity index (χ3v) is 3.41. The maximum absolute atomic E-state index is 13.6. The number of pyridine rings is 1. The van der Waals surface area contributed by atoms with Crippen LogP contribution in [0.1, 0.15) is 17.5 Å². The lowest BCUT2D eigenvalue weighted by Crippen LogP contribution is -2.26. The van der Waals surface area contributed by atoms with Gasteiger partial charge in [-0.05, 0) is 35.7 Å². The standard InChI is InChI=1S/C17H19FN2O2/c1-20(12-14-5-7-16(22-2)15(18)10-14)17(21)8-6-13-4-3-9-19-11-13/h3-5,7,9-11H,6,8,12H2,1-2H3. The number of ether oxygens (including phenoxy) is 1. The van der Waals surface area contributed by atoms with Gasteiger partial charge in [0.2, 0.25) is 5.91 Å². The molecular weight excluding hydrogens is 283 g/mol. The molecule has 2 rings (SSSR count). The summed E-state index contributed by atoms with van der Waals surface area (Å²) in [6.45, 7) is 0.368. The number of benzene rings is 1. The Kier molecular flexibility index (Phi) is 5.47. The monoisotopic (exact) mass is 302 g/mol. The van der Waals surface area contributed by atoms with Gasteiger partial charge in [0.25, 0.3) is 0 Å². The molecule has 2 aromatic rings. The summed E-state index contributed by atoms with van der Waals surface area (Å²) in [4.78, 5) is 17.7. The normalized spacial score (nSPS) is 10.3. The van der Waals surface area contributed by atoms with Gasteiger partial charge in [0, 0.05) is 32.4 Å². The highest BCUT2D eigenvalue weighted by Gasteiger charge is 2.11. The van der Waals surface area contributed by atoms with E-state index in [-0.39, 0.29) is 11.7 Å². The minimum absolute atomic E-state index is 0.0140. The molecule has 5 heteroatoms. The van der Waals surface area contributed by atoms with E-state index in [2.05, 4.69) is 4.98 Å². The smallest absolute Gasteiger partial charge is 0.222 e. The van der Waals surface area contributed by atoms with Crippen LogP contribution in [-0.2, 0) is 17.8 Å². The summed E-state index contributed by atoms with van der Waals surface area (Å²) in [5.74, 6) is -0.203. The second-order valence-corrected chi connectivity index (χ2v) is 5.08. The van der Waals surface area contributed by atoms with Gasteiger partial charge in [-0.15, -0.1) is 0 Å². The second-order valence-electron chi connectivity index (χ2n) is 5.08. The molecule has 0 atom stereocenters. The molecule has 1 aromatic carbocycles. The van der Waals surface area contributed by atoms with Crippen LogP contribution in [0.4, 0.5) is 4.39 Å². The molecule has 0 radical (unpaired) electrons. The third kappa shape index (κ3) is 4.28. The van der Waals surface area contributed by atoms with Crippen molar-refractivity contribution in [2.75, 3.05) is 14.2 Å².